The minimum atomic E-state index is -0.429. The zero-order valence-corrected chi connectivity index (χ0v) is 14.0. The van der Waals surface area contributed by atoms with Crippen LogP contribution in [0.4, 0.5) is 0 Å². The second-order valence-corrected chi connectivity index (χ2v) is 5.62. The van der Waals surface area contributed by atoms with Crippen LogP contribution in [0.15, 0.2) is 5.16 Å². The van der Waals surface area contributed by atoms with Crippen molar-refractivity contribution in [3.63, 3.8) is 0 Å². The van der Waals surface area contributed by atoms with Gasteiger partial charge in [-0.1, -0.05) is 11.8 Å². The van der Waals surface area contributed by atoms with Crippen molar-refractivity contribution in [2.75, 3.05) is 27.3 Å². The molecule has 0 spiro atoms. The van der Waals surface area contributed by atoms with Crippen LogP contribution in [-0.2, 0) is 20.8 Å². The monoisotopic (exact) mass is 317 g/mol. The first-order valence-corrected chi connectivity index (χ1v) is 7.72. The van der Waals surface area contributed by atoms with Gasteiger partial charge in [-0.15, -0.1) is 5.10 Å². The van der Waals surface area contributed by atoms with Crippen LogP contribution in [0.1, 0.15) is 20.8 Å². The average Bonchev–Trinajstić information content (AvgIpc) is 2.92. The van der Waals surface area contributed by atoms with E-state index in [1.807, 2.05) is 20.8 Å². The van der Waals surface area contributed by atoms with Gasteiger partial charge in [-0.25, -0.2) is 4.68 Å². The molecule has 0 aromatic carbocycles. The molecule has 0 aliphatic heterocycles. The van der Waals surface area contributed by atoms with Crippen LogP contribution in [0.2, 0.25) is 0 Å². The van der Waals surface area contributed by atoms with Crippen LogP contribution in [-0.4, -0.2) is 69.9 Å². The second-order valence-electron chi connectivity index (χ2n) is 4.32. The predicted octanol–water partition coefficient (Wildman–Crippen LogP) is 0.641. The van der Waals surface area contributed by atoms with Gasteiger partial charge >= 0.3 is 0 Å². The highest BCUT2D eigenvalue weighted by Gasteiger charge is 2.22. The number of tetrazole rings is 1. The van der Waals surface area contributed by atoms with Crippen LogP contribution < -0.4 is 0 Å². The third kappa shape index (κ3) is 4.94. The molecule has 0 fully saturated rings. The van der Waals surface area contributed by atoms with Crippen molar-refractivity contribution in [2.45, 2.75) is 44.0 Å². The molecule has 0 N–H and O–H groups in total. The molecule has 8 nitrogen and oxygen atoms in total. The Kier molecular flexibility index (Phi) is 7.62. The van der Waals surface area contributed by atoms with Crippen LogP contribution >= 0.6 is 11.8 Å². The molecule has 1 heterocycles. The minimum Gasteiger partial charge on any atom is -0.354 e. The molecular formula is C12H23N5O3S. The summed E-state index contributed by atoms with van der Waals surface area (Å²) in [5, 5.41) is 11.8. The number of methoxy groups -OCH3 is 2. The molecule has 0 aliphatic carbocycles. The molecular weight excluding hydrogens is 294 g/mol. The quantitative estimate of drug-likeness (QED) is 0.488. The zero-order valence-electron chi connectivity index (χ0n) is 13.1. The summed E-state index contributed by atoms with van der Waals surface area (Å²) in [5.41, 5.74) is 0. The van der Waals surface area contributed by atoms with Crippen molar-refractivity contribution < 1.29 is 14.3 Å². The molecule has 0 radical (unpaired) electrons. The Hall–Kier alpha value is -1.19. The first-order chi connectivity index (χ1) is 10.1. The third-order valence-corrected chi connectivity index (χ3v) is 4.11. The molecule has 0 bridgehead atoms. The Labute approximate surface area is 129 Å². The lowest BCUT2D eigenvalue weighted by atomic mass is 10.4. The number of aromatic nitrogens is 4. The number of rotatable bonds is 9. The number of carbonyl (C=O) groups excluding carboxylic acids is 1. The lowest BCUT2D eigenvalue weighted by molar-refractivity contribution is -0.129. The van der Waals surface area contributed by atoms with Crippen molar-refractivity contribution in [1.82, 2.24) is 25.1 Å². The van der Waals surface area contributed by atoms with E-state index in [9.17, 15) is 4.79 Å². The molecule has 1 aromatic rings. The fourth-order valence-corrected chi connectivity index (χ4v) is 2.67. The molecule has 1 amide bonds. The van der Waals surface area contributed by atoms with Gasteiger partial charge in [0.15, 0.2) is 6.29 Å². The van der Waals surface area contributed by atoms with Crippen molar-refractivity contribution in [3.8, 4) is 0 Å². The summed E-state index contributed by atoms with van der Waals surface area (Å²) in [7, 11) is 3.11. The van der Waals surface area contributed by atoms with Gasteiger partial charge in [-0.05, 0) is 31.2 Å². The topological polar surface area (TPSA) is 82.4 Å². The first-order valence-electron chi connectivity index (χ1n) is 6.84. The zero-order chi connectivity index (χ0) is 15.8. The number of nitrogens with zero attached hydrogens (tertiary/aromatic N) is 5. The summed E-state index contributed by atoms with van der Waals surface area (Å²) in [4.78, 5) is 14.0. The summed E-state index contributed by atoms with van der Waals surface area (Å²) >= 11 is 1.33. The summed E-state index contributed by atoms with van der Waals surface area (Å²) in [6.07, 6.45) is -0.429. The van der Waals surface area contributed by atoms with Crippen LogP contribution in [0.5, 0.6) is 0 Å². The number of amides is 1. The second kappa shape index (κ2) is 8.96. The number of hydrogen-bond donors (Lipinski definition) is 0. The fourth-order valence-electron chi connectivity index (χ4n) is 1.78. The maximum Gasteiger partial charge on any atom is 0.235 e. The highest BCUT2D eigenvalue weighted by atomic mass is 32.2. The lowest BCUT2D eigenvalue weighted by Gasteiger charge is -2.22. The predicted molar refractivity (Wildman–Crippen MR) is 78.9 cm³/mol. The Morgan fingerprint density at radius 2 is 1.95 bits per heavy atom. The van der Waals surface area contributed by atoms with E-state index in [4.69, 9.17) is 9.47 Å². The lowest BCUT2D eigenvalue weighted by Crippen LogP contribution is -2.36. The number of thioether (sulfide) groups is 1. The Balaban J connectivity index is 2.71. The van der Waals surface area contributed by atoms with Gasteiger partial charge in [0, 0.05) is 27.3 Å². The van der Waals surface area contributed by atoms with Gasteiger partial charge in [0.2, 0.25) is 11.1 Å². The SMILES string of the molecule is CCN(CC)C(=O)C(C)Sc1nnnn1CC(OC)OC. The number of carbonyl (C=O) groups is 1. The van der Waals surface area contributed by atoms with Gasteiger partial charge in [-0.2, -0.15) is 0 Å². The van der Waals surface area contributed by atoms with E-state index >= 15 is 0 Å². The summed E-state index contributed by atoms with van der Waals surface area (Å²) in [5.74, 6) is 0.0783. The van der Waals surface area contributed by atoms with E-state index in [-0.39, 0.29) is 11.2 Å². The van der Waals surface area contributed by atoms with E-state index in [0.29, 0.717) is 24.8 Å². The van der Waals surface area contributed by atoms with Gasteiger partial charge in [-0.3, -0.25) is 4.79 Å². The molecule has 9 heteroatoms. The van der Waals surface area contributed by atoms with E-state index < -0.39 is 6.29 Å². The molecule has 1 atom stereocenters. The standard InChI is InChI=1S/C12H23N5O3S/c1-6-16(7-2)11(18)9(3)21-12-13-14-15-17(12)8-10(19-4)20-5/h9-10H,6-8H2,1-5H3. The van der Waals surface area contributed by atoms with Crippen LogP contribution in [0, 0.1) is 0 Å². The van der Waals surface area contributed by atoms with Gasteiger partial charge in [0.05, 0.1) is 11.8 Å². The van der Waals surface area contributed by atoms with Gasteiger partial charge in [0.25, 0.3) is 0 Å². The van der Waals surface area contributed by atoms with Gasteiger partial charge in [0.1, 0.15) is 0 Å². The Morgan fingerprint density at radius 3 is 2.48 bits per heavy atom. The highest BCUT2D eigenvalue weighted by Crippen LogP contribution is 2.22. The molecule has 1 unspecified atom stereocenters. The normalized spacial score (nSPS) is 12.7. The first kappa shape index (κ1) is 17.9. The molecule has 0 saturated carbocycles. The molecule has 120 valence electrons. The van der Waals surface area contributed by atoms with Gasteiger partial charge < -0.3 is 14.4 Å². The summed E-state index contributed by atoms with van der Waals surface area (Å²) in [6.45, 7) is 7.54. The molecule has 1 rings (SSSR count). The summed E-state index contributed by atoms with van der Waals surface area (Å²) in [6, 6.07) is 0. The Morgan fingerprint density at radius 1 is 1.33 bits per heavy atom. The van der Waals surface area contributed by atoms with Crippen molar-refractivity contribution in [2.24, 2.45) is 0 Å². The molecule has 1 aromatic heterocycles. The van der Waals surface area contributed by atoms with E-state index in [1.165, 1.54) is 11.8 Å². The Bertz CT molecular complexity index is 434. The van der Waals surface area contributed by atoms with Crippen molar-refractivity contribution >= 4 is 17.7 Å². The van der Waals surface area contributed by atoms with Crippen molar-refractivity contribution in [1.29, 1.82) is 0 Å². The maximum atomic E-state index is 12.3. The van der Waals surface area contributed by atoms with Crippen molar-refractivity contribution in [3.05, 3.63) is 0 Å². The van der Waals surface area contributed by atoms with E-state index in [0.717, 1.165) is 0 Å². The molecule has 0 saturated heterocycles. The van der Waals surface area contributed by atoms with E-state index in [1.54, 1.807) is 23.8 Å². The summed E-state index contributed by atoms with van der Waals surface area (Å²) < 4.78 is 11.8. The fraction of sp³-hybridized carbons (Fsp3) is 0.833. The third-order valence-electron chi connectivity index (χ3n) is 3.05. The minimum absolute atomic E-state index is 0.0783. The maximum absolute atomic E-state index is 12.3. The average molecular weight is 317 g/mol. The highest BCUT2D eigenvalue weighted by molar-refractivity contribution is 8.00. The molecule has 21 heavy (non-hydrogen) atoms. The van der Waals surface area contributed by atoms with E-state index in [2.05, 4.69) is 15.5 Å². The number of hydrogen-bond acceptors (Lipinski definition) is 7. The largest absolute Gasteiger partial charge is 0.354 e. The molecule has 0 aliphatic rings. The van der Waals surface area contributed by atoms with Crippen LogP contribution in [0.3, 0.4) is 0 Å². The smallest absolute Gasteiger partial charge is 0.235 e. The van der Waals surface area contributed by atoms with Crippen LogP contribution in [0.25, 0.3) is 0 Å². The number of ether oxygens (including phenoxy) is 2.